The lowest BCUT2D eigenvalue weighted by Gasteiger charge is -2.22. The molecular weight excluding hydrogens is 292 g/mol. The Morgan fingerprint density at radius 2 is 2.31 bits per heavy atom. The van der Waals surface area contributed by atoms with E-state index in [9.17, 15) is 4.39 Å². The van der Waals surface area contributed by atoms with Crippen molar-refractivity contribution in [3.05, 3.63) is 34.1 Å². The first-order chi connectivity index (χ1) is 7.70. The van der Waals surface area contributed by atoms with Crippen LogP contribution >= 0.6 is 27.5 Å². The zero-order valence-corrected chi connectivity index (χ0v) is 11.3. The molecule has 0 aromatic heterocycles. The maximum Gasteiger partial charge on any atom is 0.128 e. The molecule has 88 valence electrons. The Labute approximate surface area is 109 Å². The number of benzene rings is 1. The number of likely N-dealkylation sites (tertiary alicyclic amines) is 1. The highest BCUT2D eigenvalue weighted by atomic mass is 79.9. The molecule has 2 rings (SSSR count). The molecule has 1 aromatic rings. The molecular formula is C12H14BrClFN. The second-order valence-corrected chi connectivity index (χ2v) is 5.38. The first-order valence-corrected chi connectivity index (χ1v) is 6.77. The van der Waals surface area contributed by atoms with Crippen LogP contribution in [0.15, 0.2) is 22.7 Å². The summed E-state index contributed by atoms with van der Waals surface area (Å²) in [6.45, 7) is 1.68. The molecule has 1 aromatic carbocycles. The van der Waals surface area contributed by atoms with E-state index in [0.29, 0.717) is 18.5 Å². The van der Waals surface area contributed by atoms with Crippen LogP contribution in [0.3, 0.4) is 0 Å². The SMILES string of the molecule is Fc1cc(Br)ccc1CN1CCCC1CCl. The molecule has 1 unspecified atom stereocenters. The summed E-state index contributed by atoms with van der Waals surface area (Å²) in [5, 5.41) is 0. The normalized spacial score (nSPS) is 21.6. The molecule has 0 bridgehead atoms. The van der Waals surface area contributed by atoms with E-state index in [4.69, 9.17) is 11.6 Å². The predicted octanol–water partition coefficient (Wildman–Crippen LogP) is 3.79. The quantitative estimate of drug-likeness (QED) is 0.768. The van der Waals surface area contributed by atoms with Gasteiger partial charge in [0.15, 0.2) is 0 Å². The number of halogens is 3. The summed E-state index contributed by atoms with van der Waals surface area (Å²) in [5.74, 6) is 0.493. The zero-order chi connectivity index (χ0) is 11.5. The van der Waals surface area contributed by atoms with Crippen molar-refractivity contribution in [3.8, 4) is 0 Å². The monoisotopic (exact) mass is 305 g/mol. The molecule has 1 nitrogen and oxygen atoms in total. The van der Waals surface area contributed by atoms with E-state index in [-0.39, 0.29) is 5.82 Å². The first kappa shape index (κ1) is 12.3. The fraction of sp³-hybridized carbons (Fsp3) is 0.500. The van der Waals surface area contributed by atoms with E-state index in [2.05, 4.69) is 20.8 Å². The Hall–Kier alpha value is -0.120. The minimum Gasteiger partial charge on any atom is -0.295 e. The second-order valence-electron chi connectivity index (χ2n) is 4.16. The summed E-state index contributed by atoms with van der Waals surface area (Å²) in [5.41, 5.74) is 0.750. The Balaban J connectivity index is 2.08. The van der Waals surface area contributed by atoms with E-state index in [0.717, 1.165) is 29.4 Å². The summed E-state index contributed by atoms with van der Waals surface area (Å²) in [6, 6.07) is 5.64. The minimum atomic E-state index is -0.144. The molecule has 0 amide bonds. The van der Waals surface area contributed by atoms with Gasteiger partial charge in [-0.25, -0.2) is 4.39 Å². The van der Waals surface area contributed by atoms with E-state index in [1.54, 1.807) is 0 Å². The van der Waals surface area contributed by atoms with Crippen LogP contribution < -0.4 is 0 Å². The Morgan fingerprint density at radius 1 is 1.50 bits per heavy atom. The summed E-state index contributed by atoms with van der Waals surface area (Å²) >= 11 is 9.15. The fourth-order valence-electron chi connectivity index (χ4n) is 2.15. The third kappa shape index (κ3) is 2.76. The summed E-state index contributed by atoms with van der Waals surface area (Å²) < 4.78 is 14.4. The van der Waals surface area contributed by atoms with Gasteiger partial charge in [0.2, 0.25) is 0 Å². The van der Waals surface area contributed by atoms with Gasteiger partial charge in [-0.3, -0.25) is 4.90 Å². The van der Waals surface area contributed by atoms with Crippen molar-refractivity contribution in [1.29, 1.82) is 0 Å². The van der Waals surface area contributed by atoms with Crippen LogP contribution in [0, 0.1) is 5.82 Å². The summed E-state index contributed by atoms with van der Waals surface area (Å²) in [7, 11) is 0. The van der Waals surface area contributed by atoms with Gasteiger partial charge >= 0.3 is 0 Å². The molecule has 0 spiro atoms. The van der Waals surface area contributed by atoms with Gasteiger partial charge in [-0.15, -0.1) is 11.6 Å². The molecule has 1 aliphatic heterocycles. The van der Waals surface area contributed by atoms with Gasteiger partial charge in [-0.1, -0.05) is 22.0 Å². The minimum absolute atomic E-state index is 0.144. The molecule has 0 saturated carbocycles. The van der Waals surface area contributed by atoms with Crippen LogP contribution in [0.25, 0.3) is 0 Å². The Morgan fingerprint density at radius 3 is 3.00 bits per heavy atom. The van der Waals surface area contributed by atoms with Gasteiger partial charge in [-0.2, -0.15) is 0 Å². The molecule has 0 N–H and O–H groups in total. The average Bonchev–Trinajstić information content (AvgIpc) is 2.69. The van der Waals surface area contributed by atoms with Crippen molar-refractivity contribution in [2.75, 3.05) is 12.4 Å². The highest BCUT2D eigenvalue weighted by Crippen LogP contribution is 2.23. The topological polar surface area (TPSA) is 3.24 Å². The van der Waals surface area contributed by atoms with Crippen molar-refractivity contribution in [3.63, 3.8) is 0 Å². The molecule has 1 heterocycles. The highest BCUT2D eigenvalue weighted by molar-refractivity contribution is 9.10. The van der Waals surface area contributed by atoms with Gasteiger partial charge in [0.25, 0.3) is 0 Å². The van der Waals surface area contributed by atoms with E-state index >= 15 is 0 Å². The second kappa shape index (κ2) is 5.48. The van der Waals surface area contributed by atoms with Gasteiger partial charge in [-0.05, 0) is 31.5 Å². The maximum absolute atomic E-state index is 13.6. The number of hydrogen-bond acceptors (Lipinski definition) is 1. The number of hydrogen-bond donors (Lipinski definition) is 0. The van der Waals surface area contributed by atoms with Crippen LogP contribution in [-0.4, -0.2) is 23.4 Å². The van der Waals surface area contributed by atoms with Gasteiger partial charge in [0, 0.05) is 28.5 Å². The smallest absolute Gasteiger partial charge is 0.128 e. The van der Waals surface area contributed by atoms with Crippen molar-refractivity contribution in [2.24, 2.45) is 0 Å². The maximum atomic E-state index is 13.6. The molecule has 4 heteroatoms. The largest absolute Gasteiger partial charge is 0.295 e. The Bertz CT molecular complexity index is 372. The van der Waals surface area contributed by atoms with Crippen molar-refractivity contribution in [1.82, 2.24) is 4.90 Å². The van der Waals surface area contributed by atoms with Crippen LogP contribution in [0.5, 0.6) is 0 Å². The van der Waals surface area contributed by atoms with Crippen LogP contribution in [0.2, 0.25) is 0 Å². The van der Waals surface area contributed by atoms with Gasteiger partial charge in [0.1, 0.15) is 5.82 Å². The molecule has 0 aliphatic carbocycles. The predicted molar refractivity (Wildman–Crippen MR) is 68.3 cm³/mol. The van der Waals surface area contributed by atoms with E-state index in [1.807, 2.05) is 12.1 Å². The van der Waals surface area contributed by atoms with E-state index < -0.39 is 0 Å². The summed E-state index contributed by atoms with van der Waals surface area (Å²) in [6.07, 6.45) is 2.29. The van der Waals surface area contributed by atoms with E-state index in [1.165, 1.54) is 6.07 Å². The van der Waals surface area contributed by atoms with Crippen LogP contribution in [-0.2, 0) is 6.54 Å². The zero-order valence-electron chi connectivity index (χ0n) is 8.93. The third-order valence-electron chi connectivity index (χ3n) is 3.07. The molecule has 0 radical (unpaired) electrons. The molecule has 1 fully saturated rings. The lowest BCUT2D eigenvalue weighted by molar-refractivity contribution is 0.259. The average molecular weight is 307 g/mol. The fourth-order valence-corrected chi connectivity index (χ4v) is 2.83. The van der Waals surface area contributed by atoms with Crippen molar-refractivity contribution >= 4 is 27.5 Å². The van der Waals surface area contributed by atoms with Crippen LogP contribution in [0.4, 0.5) is 4.39 Å². The van der Waals surface area contributed by atoms with Crippen LogP contribution in [0.1, 0.15) is 18.4 Å². The number of alkyl halides is 1. The lowest BCUT2D eigenvalue weighted by atomic mass is 10.2. The Kier molecular flexibility index (Phi) is 4.22. The highest BCUT2D eigenvalue weighted by Gasteiger charge is 2.24. The molecule has 16 heavy (non-hydrogen) atoms. The molecule has 1 aliphatic rings. The summed E-state index contributed by atoms with van der Waals surface area (Å²) in [4.78, 5) is 2.26. The lowest BCUT2D eigenvalue weighted by Crippen LogP contribution is -2.30. The van der Waals surface area contributed by atoms with Crippen molar-refractivity contribution < 1.29 is 4.39 Å². The standard InChI is InChI=1S/C12H14BrClFN/c13-10-4-3-9(12(15)6-10)8-16-5-1-2-11(16)7-14/h3-4,6,11H,1-2,5,7-8H2. The van der Waals surface area contributed by atoms with Crippen molar-refractivity contribution in [2.45, 2.75) is 25.4 Å². The third-order valence-corrected chi connectivity index (χ3v) is 3.92. The molecule has 1 atom stereocenters. The molecule has 1 saturated heterocycles. The first-order valence-electron chi connectivity index (χ1n) is 5.44. The number of nitrogens with zero attached hydrogens (tertiary/aromatic N) is 1. The number of rotatable bonds is 3. The van der Waals surface area contributed by atoms with Gasteiger partial charge < -0.3 is 0 Å². The van der Waals surface area contributed by atoms with Gasteiger partial charge in [0.05, 0.1) is 0 Å².